The highest BCUT2D eigenvalue weighted by Crippen LogP contribution is 2.38. The second kappa shape index (κ2) is 11.7. The van der Waals surface area contributed by atoms with Crippen LogP contribution in [-0.4, -0.2) is 58.1 Å². The zero-order valence-electron chi connectivity index (χ0n) is 21.7. The summed E-state index contributed by atoms with van der Waals surface area (Å²) in [5.41, 5.74) is 3.54. The summed E-state index contributed by atoms with van der Waals surface area (Å²) in [6.45, 7) is 0.700. The number of carbonyl (C=O) groups is 4. The van der Waals surface area contributed by atoms with Crippen molar-refractivity contribution in [3.05, 3.63) is 99.5 Å². The Morgan fingerprint density at radius 3 is 2.58 bits per heavy atom. The van der Waals surface area contributed by atoms with E-state index in [-0.39, 0.29) is 29.5 Å². The molecule has 1 saturated heterocycles. The maximum atomic E-state index is 13.2. The van der Waals surface area contributed by atoms with Crippen molar-refractivity contribution >= 4 is 40.9 Å². The number of nitrogens with zero attached hydrogens (tertiary/aromatic N) is 2. The van der Waals surface area contributed by atoms with Gasteiger partial charge in [-0.3, -0.25) is 19.3 Å². The number of fused-ring (bicyclic) bond motifs is 1. The van der Waals surface area contributed by atoms with Gasteiger partial charge in [-0.25, -0.2) is 4.79 Å². The SMILES string of the molecule is COc1cccc(/C=C2\SC(=O)N(CC(=O)N3CCc4ccccc4C3)C2=O)c1OCc1cccc(C(=O)O)c1. The number of rotatable bonds is 8. The lowest BCUT2D eigenvalue weighted by Gasteiger charge is -2.29. The molecule has 2 heterocycles. The van der Waals surface area contributed by atoms with Gasteiger partial charge in [-0.1, -0.05) is 48.5 Å². The van der Waals surface area contributed by atoms with E-state index in [1.54, 1.807) is 35.2 Å². The Labute approximate surface area is 235 Å². The molecule has 0 saturated carbocycles. The summed E-state index contributed by atoms with van der Waals surface area (Å²) < 4.78 is 11.5. The zero-order chi connectivity index (χ0) is 28.2. The molecule has 0 bridgehead atoms. The van der Waals surface area contributed by atoms with Crippen molar-refractivity contribution in [3.8, 4) is 11.5 Å². The number of aromatic carboxylic acids is 1. The first-order valence-electron chi connectivity index (χ1n) is 12.6. The van der Waals surface area contributed by atoms with Gasteiger partial charge < -0.3 is 19.5 Å². The van der Waals surface area contributed by atoms with Crippen molar-refractivity contribution in [2.24, 2.45) is 0 Å². The van der Waals surface area contributed by atoms with Crippen LogP contribution >= 0.6 is 11.8 Å². The lowest BCUT2D eigenvalue weighted by Crippen LogP contribution is -2.44. The third-order valence-electron chi connectivity index (χ3n) is 6.72. The Balaban J connectivity index is 1.32. The van der Waals surface area contributed by atoms with Crippen molar-refractivity contribution in [3.63, 3.8) is 0 Å². The first kappa shape index (κ1) is 27.0. The number of benzene rings is 3. The van der Waals surface area contributed by atoms with Crippen molar-refractivity contribution in [1.29, 1.82) is 0 Å². The van der Waals surface area contributed by atoms with Gasteiger partial charge in [0.15, 0.2) is 11.5 Å². The molecule has 2 aliphatic heterocycles. The highest BCUT2D eigenvalue weighted by Gasteiger charge is 2.37. The number of carboxylic acids is 1. The zero-order valence-corrected chi connectivity index (χ0v) is 22.5. The number of carbonyl (C=O) groups excluding carboxylic acids is 3. The number of ether oxygens (including phenoxy) is 2. The number of methoxy groups -OCH3 is 1. The van der Waals surface area contributed by atoms with Crippen molar-refractivity contribution in [2.75, 3.05) is 20.2 Å². The van der Waals surface area contributed by atoms with E-state index in [4.69, 9.17) is 9.47 Å². The van der Waals surface area contributed by atoms with Crippen LogP contribution in [0.4, 0.5) is 4.79 Å². The van der Waals surface area contributed by atoms with Crippen LogP contribution in [0, 0.1) is 0 Å². The van der Waals surface area contributed by atoms with Crippen LogP contribution in [0.15, 0.2) is 71.6 Å². The maximum absolute atomic E-state index is 13.2. The summed E-state index contributed by atoms with van der Waals surface area (Å²) in [4.78, 5) is 53.1. The topological polar surface area (TPSA) is 113 Å². The molecular formula is C30H26N2O7S. The fourth-order valence-corrected chi connectivity index (χ4v) is 5.46. The molecule has 3 aromatic rings. The fourth-order valence-electron chi connectivity index (χ4n) is 4.63. The summed E-state index contributed by atoms with van der Waals surface area (Å²) in [5, 5.41) is 8.74. The van der Waals surface area contributed by atoms with Gasteiger partial charge >= 0.3 is 5.97 Å². The average Bonchev–Trinajstić information content (AvgIpc) is 3.23. The molecule has 204 valence electrons. The Kier molecular flexibility index (Phi) is 7.88. The summed E-state index contributed by atoms with van der Waals surface area (Å²) in [7, 11) is 1.48. The van der Waals surface area contributed by atoms with Crippen LogP contribution in [0.2, 0.25) is 0 Å². The van der Waals surface area contributed by atoms with E-state index in [1.807, 2.05) is 24.3 Å². The molecule has 0 aromatic heterocycles. The van der Waals surface area contributed by atoms with E-state index < -0.39 is 17.1 Å². The molecule has 2 aliphatic rings. The smallest absolute Gasteiger partial charge is 0.335 e. The minimum Gasteiger partial charge on any atom is -0.493 e. The number of amides is 3. The molecule has 9 nitrogen and oxygen atoms in total. The van der Waals surface area contributed by atoms with E-state index in [9.17, 15) is 24.3 Å². The van der Waals surface area contributed by atoms with Gasteiger partial charge in [0.1, 0.15) is 13.2 Å². The first-order chi connectivity index (χ1) is 19.3. The van der Waals surface area contributed by atoms with Gasteiger partial charge in [-0.15, -0.1) is 0 Å². The van der Waals surface area contributed by atoms with Crippen LogP contribution in [-0.2, 0) is 29.2 Å². The molecular weight excluding hydrogens is 532 g/mol. The van der Waals surface area contributed by atoms with Gasteiger partial charge in [0.2, 0.25) is 5.91 Å². The maximum Gasteiger partial charge on any atom is 0.335 e. The number of carboxylic acid groups (broad SMARTS) is 1. The van der Waals surface area contributed by atoms with Crippen LogP contribution in [0.3, 0.4) is 0 Å². The van der Waals surface area contributed by atoms with Crippen LogP contribution in [0.1, 0.15) is 32.6 Å². The lowest BCUT2D eigenvalue weighted by atomic mass is 10.00. The average molecular weight is 559 g/mol. The monoisotopic (exact) mass is 558 g/mol. The summed E-state index contributed by atoms with van der Waals surface area (Å²) in [6, 6.07) is 19.4. The Bertz CT molecular complexity index is 1530. The molecule has 0 aliphatic carbocycles. The minimum absolute atomic E-state index is 0.0529. The Hall–Kier alpha value is -4.57. The summed E-state index contributed by atoms with van der Waals surface area (Å²) in [5.74, 6) is -1.14. The van der Waals surface area contributed by atoms with Gasteiger partial charge in [-0.05, 0) is 59.1 Å². The molecule has 1 fully saturated rings. The molecule has 0 radical (unpaired) electrons. The van der Waals surface area contributed by atoms with E-state index in [0.717, 1.165) is 28.6 Å². The molecule has 3 aromatic carbocycles. The molecule has 40 heavy (non-hydrogen) atoms. The molecule has 3 amide bonds. The highest BCUT2D eigenvalue weighted by atomic mass is 32.2. The molecule has 1 N–H and O–H groups in total. The molecule has 0 atom stereocenters. The predicted molar refractivity (Wildman–Crippen MR) is 149 cm³/mol. The second-order valence-electron chi connectivity index (χ2n) is 9.27. The van der Waals surface area contributed by atoms with E-state index >= 15 is 0 Å². The van der Waals surface area contributed by atoms with E-state index in [2.05, 4.69) is 0 Å². The largest absolute Gasteiger partial charge is 0.493 e. The van der Waals surface area contributed by atoms with Crippen molar-refractivity contribution < 1.29 is 33.8 Å². The lowest BCUT2D eigenvalue weighted by molar-refractivity contribution is -0.136. The number of imide groups is 1. The van der Waals surface area contributed by atoms with Gasteiger partial charge in [0.05, 0.1) is 17.6 Å². The Morgan fingerprint density at radius 1 is 1.02 bits per heavy atom. The van der Waals surface area contributed by atoms with Crippen LogP contribution in [0.5, 0.6) is 11.5 Å². The fraction of sp³-hybridized carbons (Fsp3) is 0.200. The van der Waals surface area contributed by atoms with Crippen LogP contribution < -0.4 is 9.47 Å². The van der Waals surface area contributed by atoms with Gasteiger partial charge in [0, 0.05) is 18.7 Å². The van der Waals surface area contributed by atoms with E-state index in [1.165, 1.54) is 30.9 Å². The molecule has 0 spiro atoms. The highest BCUT2D eigenvalue weighted by molar-refractivity contribution is 8.18. The third-order valence-corrected chi connectivity index (χ3v) is 7.63. The molecule has 10 heteroatoms. The van der Waals surface area contributed by atoms with E-state index in [0.29, 0.717) is 35.7 Å². The normalized spacial score (nSPS) is 15.8. The summed E-state index contributed by atoms with van der Waals surface area (Å²) in [6.07, 6.45) is 2.26. The minimum atomic E-state index is -1.04. The number of para-hydroxylation sites is 1. The van der Waals surface area contributed by atoms with Gasteiger partial charge in [-0.2, -0.15) is 0 Å². The molecule has 0 unspecified atom stereocenters. The number of thioether (sulfide) groups is 1. The van der Waals surface area contributed by atoms with Crippen molar-refractivity contribution in [1.82, 2.24) is 9.80 Å². The quantitative estimate of drug-likeness (QED) is 0.400. The number of hydrogen-bond acceptors (Lipinski definition) is 7. The Morgan fingerprint density at radius 2 is 1.80 bits per heavy atom. The van der Waals surface area contributed by atoms with Gasteiger partial charge in [0.25, 0.3) is 11.1 Å². The third kappa shape index (κ3) is 5.72. The first-order valence-corrected chi connectivity index (χ1v) is 13.4. The molecule has 5 rings (SSSR count). The second-order valence-corrected chi connectivity index (χ2v) is 10.3. The van der Waals surface area contributed by atoms with Crippen molar-refractivity contribution in [2.45, 2.75) is 19.6 Å². The number of hydrogen-bond donors (Lipinski definition) is 1. The standard InChI is InChI=1S/C30H26N2O7S/c1-38-24-11-5-9-21(27(24)39-18-19-6-4-10-22(14-19)29(35)36)15-25-28(34)32(30(37)40-25)17-26(33)31-13-12-20-7-2-3-8-23(20)16-31/h2-11,14-15H,12-13,16-18H2,1H3,(H,35,36)/b25-15-. The summed E-state index contributed by atoms with van der Waals surface area (Å²) >= 11 is 0.762. The predicted octanol–water partition coefficient (Wildman–Crippen LogP) is 4.59. The van der Waals surface area contributed by atoms with Crippen LogP contribution in [0.25, 0.3) is 6.08 Å².